The Hall–Kier alpha value is -2.21. The highest BCUT2D eigenvalue weighted by molar-refractivity contribution is 9.10. The summed E-state index contributed by atoms with van der Waals surface area (Å²) in [6.45, 7) is 3.63. The number of carbonyl (C=O) groups is 1. The van der Waals surface area contributed by atoms with E-state index in [0.717, 1.165) is 10.0 Å². The van der Waals surface area contributed by atoms with Crippen LogP contribution < -0.4 is 5.32 Å². The van der Waals surface area contributed by atoms with Gasteiger partial charge in [0.1, 0.15) is 0 Å². The molecule has 0 heterocycles. The fraction of sp³-hybridized carbons (Fsp3) is 0.133. The molecule has 0 atom stereocenters. The zero-order valence-corrected chi connectivity index (χ0v) is 13.1. The third-order valence-corrected chi connectivity index (χ3v) is 3.69. The molecule has 6 heteroatoms. The lowest BCUT2D eigenvalue weighted by Crippen LogP contribution is -2.14. The molecule has 0 aliphatic carbocycles. The molecule has 1 amide bonds. The van der Waals surface area contributed by atoms with Gasteiger partial charge in [0.25, 0.3) is 11.6 Å². The van der Waals surface area contributed by atoms with Gasteiger partial charge in [0.05, 0.1) is 10.6 Å². The van der Waals surface area contributed by atoms with Crippen LogP contribution in [0.5, 0.6) is 0 Å². The maximum absolute atomic E-state index is 12.3. The first kappa shape index (κ1) is 15.2. The second-order valence-electron chi connectivity index (χ2n) is 4.69. The second-order valence-corrected chi connectivity index (χ2v) is 5.55. The molecule has 108 valence electrons. The van der Waals surface area contributed by atoms with Crippen LogP contribution in [0.4, 0.5) is 11.4 Å². The third kappa shape index (κ3) is 3.46. The van der Waals surface area contributed by atoms with Crippen LogP contribution in [-0.2, 0) is 0 Å². The number of nitrogens with zero attached hydrogens (tertiary/aromatic N) is 1. The van der Waals surface area contributed by atoms with E-state index in [1.165, 1.54) is 18.2 Å². The van der Waals surface area contributed by atoms with Crippen LogP contribution in [0.25, 0.3) is 0 Å². The number of carbonyl (C=O) groups excluding carboxylic acids is 1. The highest BCUT2D eigenvalue weighted by Gasteiger charge is 2.14. The zero-order valence-electron chi connectivity index (χ0n) is 11.5. The Labute approximate surface area is 130 Å². The number of hydrogen-bond acceptors (Lipinski definition) is 3. The number of amides is 1. The molecule has 0 bridgehead atoms. The average molecular weight is 349 g/mol. The molecule has 21 heavy (non-hydrogen) atoms. The van der Waals surface area contributed by atoms with E-state index in [4.69, 9.17) is 0 Å². The van der Waals surface area contributed by atoms with Crippen LogP contribution in [0.2, 0.25) is 0 Å². The number of benzene rings is 2. The number of nitro groups is 1. The van der Waals surface area contributed by atoms with E-state index >= 15 is 0 Å². The van der Waals surface area contributed by atoms with Crippen molar-refractivity contribution >= 4 is 33.2 Å². The average Bonchev–Trinajstić information content (AvgIpc) is 2.41. The lowest BCUT2D eigenvalue weighted by Gasteiger charge is -2.09. The number of non-ortho nitro benzene ring substituents is 1. The largest absolute Gasteiger partial charge is 0.321 e. The van der Waals surface area contributed by atoms with E-state index in [1.54, 1.807) is 13.0 Å². The van der Waals surface area contributed by atoms with Gasteiger partial charge in [-0.2, -0.15) is 0 Å². The number of nitrogens with one attached hydrogen (secondary N) is 1. The van der Waals surface area contributed by atoms with Gasteiger partial charge in [-0.15, -0.1) is 0 Å². The molecular weight excluding hydrogens is 336 g/mol. The molecule has 0 saturated carbocycles. The summed E-state index contributed by atoms with van der Waals surface area (Å²) in [4.78, 5) is 22.5. The van der Waals surface area contributed by atoms with Crippen LogP contribution >= 0.6 is 15.9 Å². The van der Waals surface area contributed by atoms with Gasteiger partial charge in [0.2, 0.25) is 0 Å². The Morgan fingerprint density at radius 1 is 1.19 bits per heavy atom. The molecule has 0 unspecified atom stereocenters. The molecule has 5 nitrogen and oxygen atoms in total. The summed E-state index contributed by atoms with van der Waals surface area (Å²) in [5.41, 5.74) is 2.67. The van der Waals surface area contributed by atoms with Crippen LogP contribution in [-0.4, -0.2) is 10.8 Å². The van der Waals surface area contributed by atoms with Crippen molar-refractivity contribution in [1.82, 2.24) is 0 Å². The summed E-state index contributed by atoms with van der Waals surface area (Å²) in [5.74, 6) is -0.299. The Balaban J connectivity index is 2.26. The Morgan fingerprint density at radius 3 is 2.48 bits per heavy atom. The van der Waals surface area contributed by atoms with Crippen molar-refractivity contribution in [2.24, 2.45) is 0 Å². The van der Waals surface area contributed by atoms with Crippen molar-refractivity contribution < 1.29 is 9.72 Å². The fourth-order valence-electron chi connectivity index (χ4n) is 1.93. The summed E-state index contributed by atoms with van der Waals surface area (Å²) < 4.78 is 0.787. The molecule has 0 aliphatic rings. The lowest BCUT2D eigenvalue weighted by molar-refractivity contribution is -0.384. The van der Waals surface area contributed by atoms with Crippen LogP contribution in [0.1, 0.15) is 21.5 Å². The standard InChI is InChI=1S/C15H13BrN2O3/c1-9-3-6-14(13(16)7-9)17-15(19)12-5-4-11(18(20)21)8-10(12)2/h3-8H,1-2H3,(H,17,19). The maximum atomic E-state index is 12.3. The molecule has 0 aromatic heterocycles. The molecule has 2 aromatic rings. The summed E-state index contributed by atoms with van der Waals surface area (Å²) in [6.07, 6.45) is 0. The van der Waals surface area contributed by atoms with E-state index in [-0.39, 0.29) is 11.6 Å². The number of nitro benzene ring substituents is 1. The normalized spacial score (nSPS) is 10.2. The molecular formula is C15H13BrN2O3. The zero-order chi connectivity index (χ0) is 15.6. The number of anilines is 1. The molecule has 0 spiro atoms. The number of aryl methyl sites for hydroxylation is 2. The van der Waals surface area contributed by atoms with E-state index < -0.39 is 4.92 Å². The van der Waals surface area contributed by atoms with Gasteiger partial charge in [0.15, 0.2) is 0 Å². The van der Waals surface area contributed by atoms with E-state index in [9.17, 15) is 14.9 Å². The van der Waals surface area contributed by atoms with Crippen molar-refractivity contribution in [1.29, 1.82) is 0 Å². The highest BCUT2D eigenvalue weighted by Crippen LogP contribution is 2.25. The number of hydrogen-bond donors (Lipinski definition) is 1. The predicted molar refractivity (Wildman–Crippen MR) is 84.7 cm³/mol. The van der Waals surface area contributed by atoms with Gasteiger partial charge in [0, 0.05) is 22.2 Å². The minimum absolute atomic E-state index is 0.0273. The van der Waals surface area contributed by atoms with Gasteiger partial charge < -0.3 is 5.32 Å². The predicted octanol–water partition coefficient (Wildman–Crippen LogP) is 4.23. The molecule has 0 saturated heterocycles. The molecule has 0 aliphatic heterocycles. The van der Waals surface area contributed by atoms with Crippen molar-refractivity contribution in [3.8, 4) is 0 Å². The van der Waals surface area contributed by atoms with Crippen molar-refractivity contribution in [2.45, 2.75) is 13.8 Å². The van der Waals surface area contributed by atoms with Crippen molar-refractivity contribution in [3.05, 3.63) is 67.7 Å². The molecule has 2 rings (SSSR count). The third-order valence-electron chi connectivity index (χ3n) is 3.04. The smallest absolute Gasteiger partial charge is 0.269 e. The number of halogens is 1. The Bertz CT molecular complexity index is 729. The van der Waals surface area contributed by atoms with Crippen molar-refractivity contribution in [2.75, 3.05) is 5.32 Å². The summed E-state index contributed by atoms with van der Waals surface area (Å²) in [6, 6.07) is 9.77. The summed E-state index contributed by atoms with van der Waals surface area (Å²) in [5, 5.41) is 13.5. The molecule has 0 radical (unpaired) electrons. The Morgan fingerprint density at radius 2 is 1.90 bits per heavy atom. The van der Waals surface area contributed by atoms with Crippen LogP contribution in [0.3, 0.4) is 0 Å². The Kier molecular flexibility index (Phi) is 4.37. The summed E-state index contributed by atoms with van der Waals surface area (Å²) >= 11 is 3.39. The second kappa shape index (κ2) is 6.05. The highest BCUT2D eigenvalue weighted by atomic mass is 79.9. The molecule has 1 N–H and O–H groups in total. The lowest BCUT2D eigenvalue weighted by atomic mass is 10.1. The minimum Gasteiger partial charge on any atom is -0.321 e. The first-order chi connectivity index (χ1) is 9.88. The maximum Gasteiger partial charge on any atom is 0.269 e. The van der Waals surface area contributed by atoms with Gasteiger partial charge in [-0.25, -0.2) is 0 Å². The van der Waals surface area contributed by atoms with Crippen LogP contribution in [0.15, 0.2) is 40.9 Å². The topological polar surface area (TPSA) is 72.2 Å². The minimum atomic E-state index is -0.481. The summed E-state index contributed by atoms with van der Waals surface area (Å²) in [7, 11) is 0. The van der Waals surface area contributed by atoms with Gasteiger partial charge in [-0.05, 0) is 59.1 Å². The molecule has 2 aromatic carbocycles. The SMILES string of the molecule is Cc1ccc(NC(=O)c2ccc([N+](=O)[O-])cc2C)c(Br)c1. The van der Waals surface area contributed by atoms with E-state index in [0.29, 0.717) is 16.8 Å². The van der Waals surface area contributed by atoms with E-state index in [2.05, 4.69) is 21.2 Å². The quantitative estimate of drug-likeness (QED) is 0.666. The van der Waals surface area contributed by atoms with Gasteiger partial charge in [-0.1, -0.05) is 6.07 Å². The fourth-order valence-corrected chi connectivity index (χ4v) is 2.52. The monoisotopic (exact) mass is 348 g/mol. The number of rotatable bonds is 3. The van der Waals surface area contributed by atoms with E-state index in [1.807, 2.05) is 19.1 Å². The van der Waals surface area contributed by atoms with Gasteiger partial charge in [-0.3, -0.25) is 14.9 Å². The first-order valence-electron chi connectivity index (χ1n) is 6.21. The van der Waals surface area contributed by atoms with Gasteiger partial charge >= 0.3 is 0 Å². The molecule has 0 fully saturated rings. The van der Waals surface area contributed by atoms with Crippen LogP contribution in [0, 0.1) is 24.0 Å². The first-order valence-corrected chi connectivity index (χ1v) is 7.00. The van der Waals surface area contributed by atoms with Crippen molar-refractivity contribution in [3.63, 3.8) is 0 Å².